The highest BCUT2D eigenvalue weighted by atomic mass is 19.3. The van der Waals surface area contributed by atoms with Gasteiger partial charge < -0.3 is 9.30 Å². The molecule has 0 radical (unpaired) electrons. The van der Waals surface area contributed by atoms with Crippen LogP contribution >= 0.6 is 0 Å². The molecule has 2 aromatic rings. The van der Waals surface area contributed by atoms with E-state index in [1.165, 1.54) is 11.3 Å². The summed E-state index contributed by atoms with van der Waals surface area (Å²) in [5.74, 6) is -3.00. The van der Waals surface area contributed by atoms with Gasteiger partial charge in [0.25, 0.3) is 5.92 Å². The zero-order valence-corrected chi connectivity index (χ0v) is 20.3. The molecule has 1 aromatic carbocycles. The maximum absolute atomic E-state index is 14.5. The fourth-order valence-corrected chi connectivity index (χ4v) is 4.18. The summed E-state index contributed by atoms with van der Waals surface area (Å²) in [6.45, 7) is 12.6. The minimum absolute atomic E-state index is 0.00523. The van der Waals surface area contributed by atoms with Crippen LogP contribution in [-0.2, 0) is 11.8 Å². The molecule has 176 valence electrons. The summed E-state index contributed by atoms with van der Waals surface area (Å²) in [6.07, 6.45) is 14.3. The first-order chi connectivity index (χ1) is 15.7. The van der Waals surface area contributed by atoms with Gasteiger partial charge in [0, 0.05) is 35.4 Å². The molecule has 0 aliphatic heterocycles. The Morgan fingerprint density at radius 1 is 1.30 bits per heavy atom. The molecule has 0 saturated heterocycles. The Balaban J connectivity index is 2.11. The fraction of sp³-hybridized carbons (Fsp3) is 0.379. The molecular formula is C29H35F2NO. The molecule has 1 fully saturated rings. The van der Waals surface area contributed by atoms with Gasteiger partial charge in [-0.15, -0.1) is 0 Å². The van der Waals surface area contributed by atoms with Gasteiger partial charge in [0.15, 0.2) is 0 Å². The number of ether oxygens (including phenoxy) is 1. The van der Waals surface area contributed by atoms with E-state index < -0.39 is 5.92 Å². The van der Waals surface area contributed by atoms with Gasteiger partial charge in [-0.2, -0.15) is 0 Å². The van der Waals surface area contributed by atoms with Crippen LogP contribution in [0, 0.1) is 0 Å². The summed E-state index contributed by atoms with van der Waals surface area (Å²) in [4.78, 5) is 0. The summed E-state index contributed by atoms with van der Waals surface area (Å²) >= 11 is 0. The predicted octanol–water partition coefficient (Wildman–Crippen LogP) is 6.79. The second-order valence-electron chi connectivity index (χ2n) is 8.77. The topological polar surface area (TPSA) is 14.2 Å². The number of hydrogen-bond acceptors (Lipinski definition) is 1. The summed E-state index contributed by atoms with van der Waals surface area (Å²) < 4.78 is 36.9. The summed E-state index contributed by atoms with van der Waals surface area (Å²) in [6, 6.07) is 6.13. The van der Waals surface area contributed by atoms with Crippen LogP contribution in [0.5, 0.6) is 0 Å². The van der Waals surface area contributed by atoms with Crippen LogP contribution in [0.1, 0.15) is 58.4 Å². The second kappa shape index (κ2) is 10.4. The van der Waals surface area contributed by atoms with E-state index in [9.17, 15) is 8.78 Å². The number of aromatic nitrogens is 1. The van der Waals surface area contributed by atoms with Gasteiger partial charge in [-0.3, -0.25) is 0 Å². The lowest BCUT2D eigenvalue weighted by molar-refractivity contribution is 0.0245. The average molecular weight is 452 g/mol. The summed E-state index contributed by atoms with van der Waals surface area (Å²) in [5, 5.41) is 3.41. The molecule has 1 saturated carbocycles. The highest BCUT2D eigenvalue weighted by Gasteiger charge is 2.33. The highest BCUT2D eigenvalue weighted by Crippen LogP contribution is 2.35. The Hall–Kier alpha value is -2.88. The highest BCUT2D eigenvalue weighted by molar-refractivity contribution is 5.88. The second-order valence-corrected chi connectivity index (χ2v) is 8.77. The lowest BCUT2D eigenvalue weighted by atomic mass is 9.95. The Morgan fingerprint density at radius 2 is 2.03 bits per heavy atom. The molecule has 0 N–H and O–H groups in total. The van der Waals surface area contributed by atoms with Crippen LogP contribution < -0.4 is 10.6 Å². The number of alkyl halides is 2. The number of benzene rings is 1. The van der Waals surface area contributed by atoms with Crippen molar-refractivity contribution in [3.05, 3.63) is 77.0 Å². The summed E-state index contributed by atoms with van der Waals surface area (Å²) in [7, 11) is 2.02. The number of hydrogen-bond donors (Lipinski definition) is 0. The van der Waals surface area contributed by atoms with Crippen molar-refractivity contribution >= 4 is 28.6 Å². The number of allylic oxidation sites excluding steroid dienone is 5. The number of rotatable bonds is 9. The van der Waals surface area contributed by atoms with Crippen LogP contribution in [0.15, 0.2) is 60.9 Å². The third kappa shape index (κ3) is 5.38. The Bertz CT molecular complexity index is 1220. The molecule has 0 atom stereocenters. The fourth-order valence-electron chi connectivity index (χ4n) is 4.18. The molecule has 1 aliphatic carbocycles. The molecule has 1 aliphatic rings. The third-order valence-corrected chi connectivity index (χ3v) is 6.28. The van der Waals surface area contributed by atoms with Gasteiger partial charge in [-0.05, 0) is 62.0 Å². The Morgan fingerprint density at radius 3 is 2.58 bits per heavy atom. The molecule has 1 aromatic heterocycles. The van der Waals surface area contributed by atoms with E-state index in [2.05, 4.69) is 42.9 Å². The molecule has 0 amide bonds. The first-order valence-corrected chi connectivity index (χ1v) is 11.7. The summed E-state index contributed by atoms with van der Waals surface area (Å²) in [5.41, 5.74) is 2.45. The first kappa shape index (κ1) is 24.8. The number of halogens is 2. The van der Waals surface area contributed by atoms with Crippen LogP contribution in [0.2, 0.25) is 0 Å². The minimum atomic E-state index is -3.06. The van der Waals surface area contributed by atoms with Crippen molar-refractivity contribution in [2.45, 2.75) is 64.9 Å². The third-order valence-electron chi connectivity index (χ3n) is 6.28. The van der Waals surface area contributed by atoms with Crippen molar-refractivity contribution in [1.29, 1.82) is 0 Å². The molecule has 0 bridgehead atoms. The zero-order valence-electron chi connectivity index (χ0n) is 20.3. The van der Waals surface area contributed by atoms with Crippen molar-refractivity contribution < 1.29 is 13.5 Å². The number of fused-ring (bicyclic) bond motifs is 1. The smallest absolute Gasteiger partial charge is 0.274 e. The molecule has 4 heteroatoms. The van der Waals surface area contributed by atoms with Crippen molar-refractivity contribution in [1.82, 2.24) is 4.57 Å². The lowest BCUT2D eigenvalue weighted by Gasteiger charge is -2.29. The predicted molar refractivity (Wildman–Crippen MR) is 136 cm³/mol. The van der Waals surface area contributed by atoms with E-state index in [0.29, 0.717) is 5.57 Å². The minimum Gasteiger partial charge on any atom is -0.491 e. The van der Waals surface area contributed by atoms with Crippen LogP contribution in [-0.4, -0.2) is 16.6 Å². The number of nitrogens with zero attached hydrogens (tertiary/aromatic N) is 1. The normalized spacial score (nSPS) is 16.9. The number of aryl methyl sites for hydroxylation is 1. The quantitative estimate of drug-likeness (QED) is 0.302. The Kier molecular flexibility index (Phi) is 7.78. The van der Waals surface area contributed by atoms with Crippen molar-refractivity contribution in [3.63, 3.8) is 0 Å². The van der Waals surface area contributed by atoms with Gasteiger partial charge in [0.2, 0.25) is 0 Å². The van der Waals surface area contributed by atoms with Gasteiger partial charge in [-0.25, -0.2) is 8.78 Å². The average Bonchev–Trinajstić information content (AvgIpc) is 3.00. The molecular weight excluding hydrogens is 416 g/mol. The van der Waals surface area contributed by atoms with E-state index >= 15 is 0 Å². The van der Waals surface area contributed by atoms with Gasteiger partial charge in [-0.1, -0.05) is 56.9 Å². The molecule has 2 nitrogen and oxygen atoms in total. The van der Waals surface area contributed by atoms with Crippen LogP contribution in [0.3, 0.4) is 0 Å². The maximum atomic E-state index is 14.5. The largest absolute Gasteiger partial charge is 0.491 e. The van der Waals surface area contributed by atoms with Crippen molar-refractivity contribution in [2.24, 2.45) is 7.05 Å². The lowest BCUT2D eigenvalue weighted by Crippen LogP contribution is -2.27. The van der Waals surface area contributed by atoms with Gasteiger partial charge >= 0.3 is 0 Å². The maximum Gasteiger partial charge on any atom is 0.274 e. The number of unbranched alkanes of at least 4 members (excludes halogenated alkanes) is 1. The molecule has 0 unspecified atom stereocenters. The van der Waals surface area contributed by atoms with Gasteiger partial charge in [0.05, 0.1) is 11.7 Å². The van der Waals surface area contributed by atoms with Crippen molar-refractivity contribution in [3.8, 4) is 0 Å². The zero-order chi connectivity index (χ0) is 24.2. The van der Waals surface area contributed by atoms with E-state index in [1.807, 2.05) is 32.2 Å². The SMILES string of the molecule is C=C/C=c1\c(=C/CCC)c2ccc(C(=C/C)/C=C(\C(=C)OC3CCC3)C(C)(F)F)cc2n1C. The van der Waals surface area contributed by atoms with E-state index in [0.717, 1.165) is 60.8 Å². The van der Waals surface area contributed by atoms with E-state index in [4.69, 9.17) is 4.74 Å². The monoisotopic (exact) mass is 451 g/mol. The molecule has 33 heavy (non-hydrogen) atoms. The standard InChI is InChI=1S/C29H35F2NO/c1-7-10-15-24-25-17-16-22(19-28(25)32(6)27(24)12-8-2)21(9-3)18-26(29(5,30)31)20(4)33-23-13-11-14-23/h8-9,12,15-19,23H,2,4,7,10-11,13-14H2,1,3,5-6H3/b21-9+,24-15-,26-18+,27-12+. The van der Waals surface area contributed by atoms with Gasteiger partial charge in [0.1, 0.15) is 5.76 Å². The van der Waals surface area contributed by atoms with E-state index in [1.54, 1.807) is 6.08 Å². The Labute approximate surface area is 195 Å². The van der Waals surface area contributed by atoms with Crippen LogP contribution in [0.25, 0.3) is 28.6 Å². The molecule has 3 rings (SSSR count). The molecule has 1 heterocycles. The van der Waals surface area contributed by atoms with Crippen LogP contribution in [0.4, 0.5) is 8.78 Å². The van der Waals surface area contributed by atoms with E-state index in [-0.39, 0.29) is 17.4 Å². The van der Waals surface area contributed by atoms with Crippen molar-refractivity contribution in [2.75, 3.05) is 0 Å². The first-order valence-electron chi connectivity index (χ1n) is 11.7. The molecule has 0 spiro atoms.